The van der Waals surface area contributed by atoms with Gasteiger partial charge < -0.3 is 14.4 Å². The summed E-state index contributed by atoms with van der Waals surface area (Å²) in [4.78, 5) is 2.11. The molecule has 0 aliphatic heterocycles. The molecule has 4 heteroatoms. The lowest BCUT2D eigenvalue weighted by atomic mass is 10.4. The molecule has 0 atom stereocenters. The number of anilines is 1. The zero-order valence-electron chi connectivity index (χ0n) is 8.19. The van der Waals surface area contributed by atoms with Gasteiger partial charge in [0.2, 0.25) is 0 Å². The molecule has 0 aliphatic rings. The number of thiophene rings is 1. The maximum atomic E-state index is 5.11. The molecule has 74 valence electrons. The van der Waals surface area contributed by atoms with Gasteiger partial charge in [0, 0.05) is 32.3 Å². The average Bonchev–Trinajstić information content (AvgIpc) is 2.66. The summed E-state index contributed by atoms with van der Waals surface area (Å²) in [6.45, 7) is 0.740. The molecule has 0 unspecified atom stereocenters. The summed E-state index contributed by atoms with van der Waals surface area (Å²) in [5.41, 5.74) is 1.20. The van der Waals surface area contributed by atoms with Gasteiger partial charge in [-0.1, -0.05) is 0 Å². The van der Waals surface area contributed by atoms with E-state index < -0.39 is 0 Å². The Kier molecular flexibility index (Phi) is 4.21. The Morgan fingerprint density at radius 1 is 1.46 bits per heavy atom. The van der Waals surface area contributed by atoms with Gasteiger partial charge in [0.05, 0.1) is 6.54 Å². The normalized spacial score (nSPS) is 10.8. The summed E-state index contributed by atoms with van der Waals surface area (Å²) in [5.74, 6) is 0. The first-order valence-electron chi connectivity index (χ1n) is 4.07. The van der Waals surface area contributed by atoms with Crippen molar-refractivity contribution in [1.29, 1.82) is 0 Å². The SMILES string of the molecule is COC(CN(C)c1ccsc1)OC. The maximum Gasteiger partial charge on any atom is 0.174 e. The Bertz CT molecular complexity index is 222. The molecule has 0 radical (unpaired) electrons. The lowest BCUT2D eigenvalue weighted by Crippen LogP contribution is -2.31. The van der Waals surface area contributed by atoms with Gasteiger partial charge in [-0.3, -0.25) is 0 Å². The smallest absolute Gasteiger partial charge is 0.174 e. The fraction of sp³-hybridized carbons (Fsp3) is 0.556. The highest BCUT2D eigenvalue weighted by atomic mass is 32.1. The van der Waals surface area contributed by atoms with Crippen molar-refractivity contribution in [3.8, 4) is 0 Å². The van der Waals surface area contributed by atoms with E-state index in [1.807, 2.05) is 7.05 Å². The zero-order valence-corrected chi connectivity index (χ0v) is 9.00. The Labute approximate surface area is 82.9 Å². The largest absolute Gasteiger partial charge is 0.369 e. The van der Waals surface area contributed by atoms with Crippen LogP contribution >= 0.6 is 11.3 Å². The molecular weight excluding hydrogens is 186 g/mol. The molecule has 0 spiro atoms. The molecular formula is C9H15NO2S. The number of likely N-dealkylation sites (N-methyl/N-ethyl adjacent to an activating group) is 1. The van der Waals surface area contributed by atoms with Gasteiger partial charge in [0.25, 0.3) is 0 Å². The molecule has 0 saturated carbocycles. The van der Waals surface area contributed by atoms with Gasteiger partial charge >= 0.3 is 0 Å². The van der Waals surface area contributed by atoms with Crippen LogP contribution in [0, 0.1) is 0 Å². The van der Waals surface area contributed by atoms with Crippen molar-refractivity contribution in [1.82, 2.24) is 0 Å². The van der Waals surface area contributed by atoms with Crippen LogP contribution in [0.5, 0.6) is 0 Å². The standard InChI is InChI=1S/C9H15NO2S/c1-10(6-9(11-2)12-3)8-4-5-13-7-8/h4-5,7,9H,6H2,1-3H3. The quantitative estimate of drug-likeness (QED) is 0.678. The summed E-state index contributed by atoms with van der Waals surface area (Å²) in [6, 6.07) is 2.08. The number of hydrogen-bond acceptors (Lipinski definition) is 4. The van der Waals surface area contributed by atoms with Crippen LogP contribution in [0.2, 0.25) is 0 Å². The molecule has 0 N–H and O–H groups in total. The third-order valence-corrected chi connectivity index (χ3v) is 2.57. The fourth-order valence-corrected chi connectivity index (χ4v) is 1.74. The molecule has 0 saturated heterocycles. The lowest BCUT2D eigenvalue weighted by Gasteiger charge is -2.22. The van der Waals surface area contributed by atoms with Gasteiger partial charge in [-0.05, 0) is 11.4 Å². The summed E-state index contributed by atoms with van der Waals surface area (Å²) in [6.07, 6.45) is -0.162. The molecule has 1 heterocycles. The lowest BCUT2D eigenvalue weighted by molar-refractivity contribution is -0.0944. The van der Waals surface area contributed by atoms with E-state index in [0.29, 0.717) is 0 Å². The monoisotopic (exact) mass is 201 g/mol. The van der Waals surface area contributed by atoms with Crippen molar-refractivity contribution < 1.29 is 9.47 Å². The van der Waals surface area contributed by atoms with Gasteiger partial charge in [-0.25, -0.2) is 0 Å². The first-order chi connectivity index (χ1) is 6.27. The van der Waals surface area contributed by atoms with Crippen LogP contribution in [0.15, 0.2) is 16.8 Å². The van der Waals surface area contributed by atoms with Gasteiger partial charge in [0.1, 0.15) is 0 Å². The maximum absolute atomic E-state index is 5.11. The van der Waals surface area contributed by atoms with Gasteiger partial charge in [-0.15, -0.1) is 0 Å². The third kappa shape index (κ3) is 2.99. The van der Waals surface area contributed by atoms with Crippen LogP contribution in [0.4, 0.5) is 5.69 Å². The van der Waals surface area contributed by atoms with Gasteiger partial charge in [0.15, 0.2) is 6.29 Å². The molecule has 0 aromatic carbocycles. The van der Waals surface area contributed by atoms with Crippen LogP contribution in [-0.4, -0.2) is 34.1 Å². The highest BCUT2D eigenvalue weighted by Gasteiger charge is 2.09. The molecule has 0 bridgehead atoms. The predicted molar refractivity (Wildman–Crippen MR) is 55.4 cm³/mol. The third-order valence-electron chi connectivity index (χ3n) is 1.90. The first-order valence-corrected chi connectivity index (χ1v) is 5.01. The van der Waals surface area contributed by atoms with Crippen LogP contribution in [-0.2, 0) is 9.47 Å². The molecule has 1 aromatic heterocycles. The van der Waals surface area contributed by atoms with E-state index in [4.69, 9.17) is 9.47 Å². The summed E-state index contributed by atoms with van der Waals surface area (Å²) in [7, 11) is 5.32. The van der Waals surface area contributed by atoms with E-state index in [1.54, 1.807) is 25.6 Å². The van der Waals surface area contributed by atoms with E-state index in [0.717, 1.165) is 6.54 Å². The minimum Gasteiger partial charge on any atom is -0.369 e. The minimum atomic E-state index is -0.162. The molecule has 13 heavy (non-hydrogen) atoms. The Morgan fingerprint density at radius 2 is 2.15 bits per heavy atom. The van der Waals surface area contributed by atoms with Crippen molar-refractivity contribution in [2.45, 2.75) is 6.29 Å². The first kappa shape index (κ1) is 10.5. The molecule has 0 amide bonds. The second-order valence-electron chi connectivity index (χ2n) is 2.76. The van der Waals surface area contributed by atoms with Crippen molar-refractivity contribution in [2.24, 2.45) is 0 Å². The van der Waals surface area contributed by atoms with Gasteiger partial charge in [-0.2, -0.15) is 11.3 Å². The second-order valence-corrected chi connectivity index (χ2v) is 3.54. The van der Waals surface area contributed by atoms with E-state index in [-0.39, 0.29) is 6.29 Å². The zero-order chi connectivity index (χ0) is 9.68. The van der Waals surface area contributed by atoms with Crippen molar-refractivity contribution in [3.63, 3.8) is 0 Å². The molecule has 1 rings (SSSR count). The number of ether oxygens (including phenoxy) is 2. The molecule has 0 fully saturated rings. The molecule has 3 nitrogen and oxygen atoms in total. The minimum absolute atomic E-state index is 0.162. The molecule has 0 aliphatic carbocycles. The van der Waals surface area contributed by atoms with Crippen LogP contribution in [0.1, 0.15) is 0 Å². The van der Waals surface area contributed by atoms with Crippen LogP contribution in [0.25, 0.3) is 0 Å². The van der Waals surface area contributed by atoms with E-state index >= 15 is 0 Å². The second kappa shape index (κ2) is 5.21. The van der Waals surface area contributed by atoms with E-state index in [2.05, 4.69) is 21.7 Å². The van der Waals surface area contributed by atoms with Crippen molar-refractivity contribution in [2.75, 3.05) is 32.7 Å². The highest BCUT2D eigenvalue weighted by Crippen LogP contribution is 2.16. The fourth-order valence-electron chi connectivity index (χ4n) is 1.05. The number of rotatable bonds is 5. The Balaban J connectivity index is 2.45. The van der Waals surface area contributed by atoms with Crippen molar-refractivity contribution >= 4 is 17.0 Å². The van der Waals surface area contributed by atoms with Crippen LogP contribution < -0.4 is 4.90 Å². The Morgan fingerprint density at radius 3 is 2.62 bits per heavy atom. The Hall–Kier alpha value is -0.580. The van der Waals surface area contributed by atoms with Crippen molar-refractivity contribution in [3.05, 3.63) is 16.8 Å². The number of nitrogens with zero attached hydrogens (tertiary/aromatic N) is 1. The molecule has 1 aromatic rings. The summed E-state index contributed by atoms with van der Waals surface area (Å²) in [5, 5.41) is 4.16. The number of methoxy groups -OCH3 is 2. The highest BCUT2D eigenvalue weighted by molar-refractivity contribution is 7.08. The topological polar surface area (TPSA) is 21.7 Å². The predicted octanol–water partition coefficient (Wildman–Crippen LogP) is 1.80. The number of hydrogen-bond donors (Lipinski definition) is 0. The van der Waals surface area contributed by atoms with Crippen LogP contribution in [0.3, 0.4) is 0 Å². The van der Waals surface area contributed by atoms with E-state index in [1.165, 1.54) is 5.69 Å². The van der Waals surface area contributed by atoms with E-state index in [9.17, 15) is 0 Å². The summed E-state index contributed by atoms with van der Waals surface area (Å²) >= 11 is 1.69. The summed E-state index contributed by atoms with van der Waals surface area (Å²) < 4.78 is 10.2. The average molecular weight is 201 g/mol.